The largest absolute Gasteiger partial charge is 0.455 e. The first-order chi connectivity index (χ1) is 23.1. The second-order valence-electron chi connectivity index (χ2n) is 13.4. The summed E-state index contributed by atoms with van der Waals surface area (Å²) in [5, 5.41) is 14.0. The van der Waals surface area contributed by atoms with Gasteiger partial charge in [0.25, 0.3) is 5.91 Å². The molecule has 6 rings (SSSR count). The molecule has 0 aromatic heterocycles. The lowest BCUT2D eigenvalue weighted by atomic mass is 9.77. The predicted octanol–water partition coefficient (Wildman–Crippen LogP) is 4.37. The standard InChI is InChI=1S/C37H42ClN3O7/c1-22(2)20-25(21-42)41-33-35(45)40(27-15-8-7-14-26(27)38)19-11-18-37(33)31(34(41)44)30-28(48-37)16-9-10-17-29(43)39-23(3)32(47-36(30)46)24-12-5-4-6-13-24/h4-9,11-16,18,22-23,25,28,30-33,42H,10,17,19-21H2,1-3H3,(H,39,43)/b16-9-/t23-,25-,28-,30+,31+,32+,33-,37+/m1/s1. The van der Waals surface area contributed by atoms with Crippen LogP contribution < -0.4 is 10.2 Å². The Hall–Kier alpha value is -3.99. The van der Waals surface area contributed by atoms with E-state index in [1.807, 2.05) is 44.2 Å². The van der Waals surface area contributed by atoms with Crippen LogP contribution in [0.1, 0.15) is 51.7 Å². The third-order valence-electron chi connectivity index (χ3n) is 9.77. The number of benzene rings is 2. The van der Waals surface area contributed by atoms with E-state index in [0.717, 1.165) is 0 Å². The first-order valence-electron chi connectivity index (χ1n) is 16.6. The minimum Gasteiger partial charge on any atom is -0.455 e. The number of carbonyl (C=O) groups excluding carboxylic acids is 4. The molecule has 3 amide bonds. The number of nitrogens with zero attached hydrogens (tertiary/aromatic N) is 2. The molecule has 2 fully saturated rings. The van der Waals surface area contributed by atoms with Crippen LogP contribution in [-0.2, 0) is 28.7 Å². The zero-order chi connectivity index (χ0) is 34.2. The number of hydrogen-bond donors (Lipinski definition) is 2. The summed E-state index contributed by atoms with van der Waals surface area (Å²) in [6, 6.07) is 13.7. The number of ether oxygens (including phenoxy) is 2. The van der Waals surface area contributed by atoms with Gasteiger partial charge in [-0.25, -0.2) is 0 Å². The summed E-state index contributed by atoms with van der Waals surface area (Å²) in [6.45, 7) is 5.52. The molecule has 0 radical (unpaired) electrons. The van der Waals surface area contributed by atoms with E-state index < -0.39 is 65.6 Å². The van der Waals surface area contributed by atoms with Crippen molar-refractivity contribution in [2.75, 3.05) is 18.1 Å². The molecule has 2 aromatic carbocycles. The smallest absolute Gasteiger partial charge is 0.313 e. The lowest BCUT2D eigenvalue weighted by Gasteiger charge is -2.39. The van der Waals surface area contributed by atoms with Crippen molar-refractivity contribution < 1.29 is 33.8 Å². The minimum atomic E-state index is -1.55. The molecule has 48 heavy (non-hydrogen) atoms. The molecule has 4 heterocycles. The zero-order valence-corrected chi connectivity index (χ0v) is 28.1. The van der Waals surface area contributed by atoms with Gasteiger partial charge in [-0.1, -0.05) is 92.2 Å². The number of aliphatic hydroxyl groups excluding tert-OH is 1. The summed E-state index contributed by atoms with van der Waals surface area (Å²) in [6.07, 6.45) is 6.24. The Balaban J connectivity index is 1.48. The van der Waals surface area contributed by atoms with Gasteiger partial charge < -0.3 is 29.7 Å². The third-order valence-corrected chi connectivity index (χ3v) is 10.1. The summed E-state index contributed by atoms with van der Waals surface area (Å²) < 4.78 is 13.1. The van der Waals surface area contributed by atoms with E-state index in [1.54, 1.807) is 55.5 Å². The SMILES string of the molecule is CC(C)C[C@H](CO)N1C(=O)[C@@H]2[C@H]3C(=O)O[C@H](c4ccccc4)[C@@H](C)NC(=O)CC/C=C\[C@H]3O[C@@]23C=CCN(c2ccccc2Cl)C(=O)[C@@H]13. The highest BCUT2D eigenvalue weighted by Gasteiger charge is 2.72. The first-order valence-corrected chi connectivity index (χ1v) is 17.0. The second kappa shape index (κ2) is 13.9. The topological polar surface area (TPSA) is 125 Å². The molecule has 0 unspecified atom stereocenters. The zero-order valence-electron chi connectivity index (χ0n) is 27.3. The van der Waals surface area contributed by atoms with Crippen LogP contribution in [0.3, 0.4) is 0 Å². The van der Waals surface area contributed by atoms with E-state index in [9.17, 15) is 24.3 Å². The van der Waals surface area contributed by atoms with Crippen LogP contribution in [0.25, 0.3) is 0 Å². The molecule has 0 saturated carbocycles. The van der Waals surface area contributed by atoms with Crippen LogP contribution in [0, 0.1) is 17.8 Å². The molecular weight excluding hydrogens is 634 g/mol. The molecule has 8 atom stereocenters. The van der Waals surface area contributed by atoms with E-state index in [2.05, 4.69) is 5.32 Å². The van der Waals surface area contributed by atoms with Crippen LogP contribution in [0.15, 0.2) is 78.9 Å². The molecule has 2 aromatic rings. The number of cyclic esters (lactones) is 1. The van der Waals surface area contributed by atoms with Gasteiger partial charge in [0.1, 0.15) is 23.7 Å². The molecule has 4 aliphatic rings. The van der Waals surface area contributed by atoms with Crippen molar-refractivity contribution in [1.82, 2.24) is 10.2 Å². The van der Waals surface area contributed by atoms with Gasteiger partial charge in [-0.2, -0.15) is 0 Å². The van der Waals surface area contributed by atoms with Gasteiger partial charge in [0, 0.05) is 13.0 Å². The van der Waals surface area contributed by atoms with Crippen LogP contribution in [0.5, 0.6) is 0 Å². The minimum absolute atomic E-state index is 0.0914. The van der Waals surface area contributed by atoms with Crippen LogP contribution in [0.2, 0.25) is 5.02 Å². The highest BCUT2D eigenvalue weighted by molar-refractivity contribution is 6.34. The third kappa shape index (κ3) is 6.06. The first kappa shape index (κ1) is 33.9. The Morgan fingerprint density at radius 2 is 1.75 bits per heavy atom. The van der Waals surface area contributed by atoms with Gasteiger partial charge in [-0.15, -0.1) is 0 Å². The highest BCUT2D eigenvalue weighted by atomic mass is 35.5. The van der Waals surface area contributed by atoms with Crippen LogP contribution >= 0.6 is 11.6 Å². The number of halogens is 1. The van der Waals surface area contributed by atoms with Crippen molar-refractivity contribution in [2.24, 2.45) is 17.8 Å². The fraction of sp³-hybridized carbons (Fsp3) is 0.459. The molecule has 0 aliphatic carbocycles. The number of nitrogens with one attached hydrogen (secondary N) is 1. The van der Waals surface area contributed by atoms with Crippen LogP contribution in [-0.4, -0.2) is 76.7 Å². The number of carbonyl (C=O) groups is 4. The summed E-state index contributed by atoms with van der Waals surface area (Å²) >= 11 is 6.58. The van der Waals surface area contributed by atoms with Crippen molar-refractivity contribution in [1.29, 1.82) is 0 Å². The Labute approximate surface area is 285 Å². The van der Waals surface area contributed by atoms with Gasteiger partial charge in [0.15, 0.2) is 0 Å². The maximum atomic E-state index is 14.8. The van der Waals surface area contributed by atoms with Crippen molar-refractivity contribution >= 4 is 41.0 Å². The van der Waals surface area contributed by atoms with Gasteiger partial charge in [0.2, 0.25) is 11.8 Å². The number of hydrogen-bond acceptors (Lipinski definition) is 7. The maximum absolute atomic E-state index is 14.8. The molecule has 2 saturated heterocycles. The summed E-state index contributed by atoms with van der Waals surface area (Å²) in [7, 11) is 0. The van der Waals surface area contributed by atoms with E-state index in [1.165, 1.54) is 9.80 Å². The van der Waals surface area contributed by atoms with Crippen molar-refractivity contribution in [3.63, 3.8) is 0 Å². The van der Waals surface area contributed by atoms with E-state index in [4.69, 9.17) is 21.1 Å². The number of esters is 1. The molecule has 11 heteroatoms. The van der Waals surface area contributed by atoms with Gasteiger partial charge in [-0.3, -0.25) is 19.2 Å². The maximum Gasteiger partial charge on any atom is 0.313 e. The molecule has 4 aliphatic heterocycles. The number of allylic oxidation sites excluding steroid dienone is 1. The average molecular weight is 676 g/mol. The monoisotopic (exact) mass is 675 g/mol. The normalized spacial score (nSPS) is 32.0. The quantitative estimate of drug-likeness (QED) is 0.344. The summed E-state index contributed by atoms with van der Waals surface area (Å²) in [4.78, 5) is 59.9. The average Bonchev–Trinajstić information content (AvgIpc) is 3.45. The van der Waals surface area contributed by atoms with E-state index in [-0.39, 0.29) is 31.4 Å². The van der Waals surface area contributed by atoms with Gasteiger partial charge in [-0.05, 0) is 43.4 Å². The molecule has 0 bridgehead atoms. The molecular formula is C37H42ClN3O7. The number of likely N-dealkylation sites (tertiary alicyclic amines) is 1. The number of fused-ring (bicyclic) bond motifs is 2. The lowest BCUT2D eigenvalue weighted by Crippen LogP contribution is -2.58. The van der Waals surface area contributed by atoms with Crippen molar-refractivity contribution in [3.8, 4) is 0 Å². The number of para-hydroxylation sites is 1. The van der Waals surface area contributed by atoms with Crippen molar-refractivity contribution in [3.05, 3.63) is 89.5 Å². The number of aliphatic hydroxyl groups is 1. The number of amides is 3. The predicted molar refractivity (Wildman–Crippen MR) is 180 cm³/mol. The molecule has 1 spiro atoms. The molecule has 2 N–H and O–H groups in total. The Morgan fingerprint density at radius 1 is 1.02 bits per heavy atom. The van der Waals surface area contributed by atoms with Gasteiger partial charge >= 0.3 is 5.97 Å². The second-order valence-corrected chi connectivity index (χ2v) is 13.9. The van der Waals surface area contributed by atoms with Crippen molar-refractivity contribution in [2.45, 2.75) is 76.0 Å². The Bertz CT molecular complexity index is 1610. The van der Waals surface area contributed by atoms with Gasteiger partial charge in [0.05, 0.1) is 41.4 Å². The fourth-order valence-electron chi connectivity index (χ4n) is 7.74. The van der Waals surface area contributed by atoms with E-state index in [0.29, 0.717) is 29.1 Å². The molecule has 254 valence electrons. The Morgan fingerprint density at radius 3 is 2.46 bits per heavy atom. The Kier molecular flexibility index (Phi) is 9.79. The summed E-state index contributed by atoms with van der Waals surface area (Å²) in [5.41, 5.74) is -0.382. The van der Waals surface area contributed by atoms with E-state index >= 15 is 0 Å². The molecule has 10 nitrogen and oxygen atoms in total. The number of anilines is 1. The van der Waals surface area contributed by atoms with Crippen LogP contribution in [0.4, 0.5) is 5.69 Å². The highest BCUT2D eigenvalue weighted by Crippen LogP contribution is 2.54. The fourth-order valence-corrected chi connectivity index (χ4v) is 7.98. The lowest BCUT2D eigenvalue weighted by molar-refractivity contribution is -0.162. The number of rotatable bonds is 6. The summed E-state index contributed by atoms with van der Waals surface area (Å²) in [5.74, 6) is -3.89.